The van der Waals surface area contributed by atoms with Crippen LogP contribution in [0.25, 0.3) is 22.3 Å². The number of phenolic OH excluding ortho intramolecular Hbond substituents is 1. The number of hydrogen-bond acceptors (Lipinski definition) is 7. The molecule has 6 rings (SSSR count). The Morgan fingerprint density at radius 1 is 1.17 bits per heavy atom. The van der Waals surface area contributed by atoms with Crippen molar-refractivity contribution >= 4 is 16.9 Å². The fourth-order valence-electron chi connectivity index (χ4n) is 5.27. The highest BCUT2D eigenvalue weighted by Crippen LogP contribution is 2.39. The number of rotatable bonds is 2. The summed E-state index contributed by atoms with van der Waals surface area (Å²) in [5, 5.41) is 22.8. The molecule has 30 heavy (non-hydrogen) atoms. The van der Waals surface area contributed by atoms with Crippen LogP contribution in [0, 0.1) is 6.92 Å². The van der Waals surface area contributed by atoms with Gasteiger partial charge in [0.1, 0.15) is 11.9 Å². The summed E-state index contributed by atoms with van der Waals surface area (Å²) >= 11 is 0. The van der Waals surface area contributed by atoms with Crippen molar-refractivity contribution in [1.29, 1.82) is 0 Å². The first-order valence-electron chi connectivity index (χ1n) is 10.6. The van der Waals surface area contributed by atoms with Crippen LogP contribution < -0.4 is 10.2 Å². The maximum Gasteiger partial charge on any atom is 0.154 e. The van der Waals surface area contributed by atoms with E-state index in [0.29, 0.717) is 28.3 Å². The van der Waals surface area contributed by atoms with Gasteiger partial charge in [-0.2, -0.15) is 0 Å². The second-order valence-electron chi connectivity index (χ2n) is 8.69. The molecule has 154 valence electrons. The third kappa shape index (κ3) is 2.74. The molecule has 0 amide bonds. The number of fused-ring (bicyclic) bond motifs is 4. The molecule has 0 saturated carbocycles. The summed E-state index contributed by atoms with van der Waals surface area (Å²) in [6.07, 6.45) is 4.40. The first-order valence-corrected chi connectivity index (χ1v) is 10.6. The molecule has 5 heterocycles. The lowest BCUT2D eigenvalue weighted by Crippen LogP contribution is -2.56. The zero-order valence-corrected chi connectivity index (χ0v) is 16.7. The summed E-state index contributed by atoms with van der Waals surface area (Å²) in [6, 6.07) is 5.60. The number of phenols is 1. The van der Waals surface area contributed by atoms with Gasteiger partial charge in [0.2, 0.25) is 0 Å². The summed E-state index contributed by atoms with van der Waals surface area (Å²) in [4.78, 5) is 10.9. The predicted molar refractivity (Wildman–Crippen MR) is 111 cm³/mol. The third-order valence-corrected chi connectivity index (χ3v) is 6.76. The van der Waals surface area contributed by atoms with Gasteiger partial charge in [-0.1, -0.05) is 0 Å². The summed E-state index contributed by atoms with van der Waals surface area (Å²) < 4.78 is 15.1. The molecule has 2 bridgehead atoms. The van der Waals surface area contributed by atoms with E-state index in [1.165, 1.54) is 0 Å². The Hall–Kier alpha value is -2.87. The minimum absolute atomic E-state index is 0.0377. The van der Waals surface area contributed by atoms with Gasteiger partial charge in [-0.05, 0) is 44.7 Å². The molecule has 2 N–H and O–H groups in total. The minimum Gasteiger partial charge on any atom is -0.507 e. The maximum absolute atomic E-state index is 15.1. The number of hydrogen-bond donors (Lipinski definition) is 2. The van der Waals surface area contributed by atoms with E-state index < -0.39 is 6.17 Å². The van der Waals surface area contributed by atoms with Gasteiger partial charge in [-0.3, -0.25) is 4.98 Å². The zero-order valence-electron chi connectivity index (χ0n) is 16.7. The van der Waals surface area contributed by atoms with Gasteiger partial charge in [0.05, 0.1) is 28.5 Å². The van der Waals surface area contributed by atoms with Crippen LogP contribution in [0.4, 0.5) is 10.2 Å². The second kappa shape index (κ2) is 6.57. The highest BCUT2D eigenvalue weighted by atomic mass is 19.1. The molecule has 3 aromatic rings. The Labute approximate surface area is 173 Å². The first-order chi connectivity index (χ1) is 14.6. The van der Waals surface area contributed by atoms with Gasteiger partial charge in [-0.25, -0.2) is 9.37 Å². The average Bonchev–Trinajstić information content (AvgIpc) is 3.34. The molecule has 3 aliphatic rings. The number of anilines is 1. The smallest absolute Gasteiger partial charge is 0.154 e. The Morgan fingerprint density at radius 2 is 2.07 bits per heavy atom. The Bertz CT molecular complexity index is 1150. The molecule has 2 unspecified atom stereocenters. The average molecular weight is 406 g/mol. The molecule has 4 atom stereocenters. The normalized spacial score (nSPS) is 27.6. The maximum atomic E-state index is 15.1. The molecule has 2 fully saturated rings. The first kappa shape index (κ1) is 17.9. The number of piperidine rings is 1. The lowest BCUT2D eigenvalue weighted by molar-refractivity contribution is 0.174. The summed E-state index contributed by atoms with van der Waals surface area (Å²) in [5.41, 5.74) is 4.36. The molecular formula is C22H23FN6O. The molecule has 3 aliphatic heterocycles. The van der Waals surface area contributed by atoms with Gasteiger partial charge in [0.15, 0.2) is 5.82 Å². The van der Waals surface area contributed by atoms with E-state index in [9.17, 15) is 5.11 Å². The van der Waals surface area contributed by atoms with Crippen molar-refractivity contribution in [2.45, 2.75) is 56.9 Å². The SMILES string of the molecule is Cc1cnc2cc(-c3cc4c(nn3)N([C@H]3CC5CCC(N5)[C@H]3F)CC4)c(O)cc2n1. The van der Waals surface area contributed by atoms with Gasteiger partial charge in [0, 0.05) is 42.0 Å². The zero-order chi connectivity index (χ0) is 20.4. The van der Waals surface area contributed by atoms with E-state index in [-0.39, 0.29) is 17.8 Å². The number of aromatic hydroxyl groups is 1. The Kier molecular flexibility index (Phi) is 3.93. The summed E-state index contributed by atoms with van der Waals surface area (Å²) in [7, 11) is 0. The van der Waals surface area contributed by atoms with Crippen LogP contribution in [0.3, 0.4) is 0 Å². The van der Waals surface area contributed by atoms with Crippen molar-refractivity contribution in [3.63, 3.8) is 0 Å². The number of alkyl halides is 1. The molecule has 1 aromatic carbocycles. The highest BCUT2D eigenvalue weighted by molar-refractivity contribution is 5.84. The van der Waals surface area contributed by atoms with Crippen molar-refractivity contribution in [2.75, 3.05) is 11.4 Å². The van der Waals surface area contributed by atoms with Crippen molar-refractivity contribution in [1.82, 2.24) is 25.5 Å². The number of aromatic nitrogens is 4. The lowest BCUT2D eigenvalue weighted by atomic mass is 9.96. The highest BCUT2D eigenvalue weighted by Gasteiger charge is 2.46. The lowest BCUT2D eigenvalue weighted by Gasteiger charge is -2.39. The van der Waals surface area contributed by atoms with Crippen LogP contribution in [0.2, 0.25) is 0 Å². The molecule has 2 aromatic heterocycles. The predicted octanol–water partition coefficient (Wildman–Crippen LogP) is 2.69. The van der Waals surface area contributed by atoms with Crippen molar-refractivity contribution in [3.05, 3.63) is 35.7 Å². The van der Waals surface area contributed by atoms with Crippen LogP contribution in [-0.2, 0) is 6.42 Å². The van der Waals surface area contributed by atoms with Gasteiger partial charge in [0.25, 0.3) is 0 Å². The van der Waals surface area contributed by atoms with Crippen LogP contribution in [-0.4, -0.2) is 56.1 Å². The van der Waals surface area contributed by atoms with Crippen LogP contribution in [0.5, 0.6) is 5.75 Å². The standard InChI is InChI=1S/C22H23FN6O/c1-11-10-24-17-8-14(20(30)9-18(17)25-11)16-6-12-4-5-29(22(12)28-27-16)19-7-13-2-3-15(26-13)21(19)23/h6,8-10,13,15,19,21,26,30H,2-5,7H2,1H3/t13?,15?,19-,21+/m0/s1. The summed E-state index contributed by atoms with van der Waals surface area (Å²) in [6.45, 7) is 2.62. The molecule has 7 nitrogen and oxygen atoms in total. The van der Waals surface area contributed by atoms with Gasteiger partial charge < -0.3 is 15.3 Å². The van der Waals surface area contributed by atoms with Crippen LogP contribution in [0.1, 0.15) is 30.5 Å². The topological polar surface area (TPSA) is 87.1 Å². The monoisotopic (exact) mass is 406 g/mol. The van der Waals surface area contributed by atoms with Gasteiger partial charge >= 0.3 is 0 Å². The van der Waals surface area contributed by atoms with Crippen LogP contribution >= 0.6 is 0 Å². The largest absolute Gasteiger partial charge is 0.507 e. The molecule has 2 saturated heterocycles. The number of halogens is 1. The quantitative estimate of drug-likeness (QED) is 0.677. The minimum atomic E-state index is -0.886. The fraction of sp³-hybridized carbons (Fsp3) is 0.455. The second-order valence-corrected chi connectivity index (χ2v) is 8.69. The van der Waals surface area contributed by atoms with Crippen molar-refractivity contribution in [3.8, 4) is 17.0 Å². The molecule has 0 spiro atoms. The van der Waals surface area contributed by atoms with E-state index in [2.05, 4.69) is 30.4 Å². The molecule has 0 radical (unpaired) electrons. The fourth-order valence-corrected chi connectivity index (χ4v) is 5.27. The molecule has 8 heteroatoms. The van der Waals surface area contributed by atoms with E-state index in [0.717, 1.165) is 49.3 Å². The van der Waals surface area contributed by atoms with E-state index >= 15 is 4.39 Å². The Morgan fingerprint density at radius 3 is 2.97 bits per heavy atom. The van der Waals surface area contributed by atoms with E-state index in [1.54, 1.807) is 18.3 Å². The molecular weight excluding hydrogens is 383 g/mol. The van der Waals surface area contributed by atoms with Gasteiger partial charge in [-0.15, -0.1) is 10.2 Å². The number of aryl methyl sites for hydroxylation is 1. The van der Waals surface area contributed by atoms with Crippen LogP contribution in [0.15, 0.2) is 24.4 Å². The van der Waals surface area contributed by atoms with E-state index in [4.69, 9.17) is 0 Å². The third-order valence-electron chi connectivity index (χ3n) is 6.76. The van der Waals surface area contributed by atoms with Crippen molar-refractivity contribution < 1.29 is 9.50 Å². The van der Waals surface area contributed by atoms with Crippen molar-refractivity contribution in [2.24, 2.45) is 0 Å². The number of benzene rings is 1. The van der Waals surface area contributed by atoms with E-state index in [1.807, 2.05) is 13.0 Å². The number of nitrogens with one attached hydrogen (secondary N) is 1. The Balaban J connectivity index is 1.35. The summed E-state index contributed by atoms with van der Waals surface area (Å²) in [5.74, 6) is 0.883. The molecule has 0 aliphatic carbocycles. The number of nitrogens with zero attached hydrogens (tertiary/aromatic N) is 5.